The lowest BCUT2D eigenvalue weighted by molar-refractivity contribution is 0.142. The molecule has 0 unspecified atom stereocenters. The molecular weight excluding hydrogens is 248 g/mol. The van der Waals surface area contributed by atoms with Crippen LogP contribution < -0.4 is 4.74 Å². The number of H-pyrrole nitrogens is 1. The minimum atomic E-state index is 0.728. The summed E-state index contributed by atoms with van der Waals surface area (Å²) in [5, 5.41) is 0. The Hall–Kier alpha value is -1.33. The summed E-state index contributed by atoms with van der Waals surface area (Å²) in [7, 11) is 1.66. The van der Waals surface area contributed by atoms with Gasteiger partial charge in [-0.25, -0.2) is 0 Å². The summed E-state index contributed by atoms with van der Waals surface area (Å²) in [5.74, 6) is 0.821. The summed E-state index contributed by atoms with van der Waals surface area (Å²) >= 11 is 5.35. The van der Waals surface area contributed by atoms with Crippen LogP contribution in [0.5, 0.6) is 5.75 Å². The van der Waals surface area contributed by atoms with Crippen molar-refractivity contribution in [2.75, 3.05) is 20.3 Å². The highest BCUT2D eigenvalue weighted by Gasteiger charge is 2.08. The van der Waals surface area contributed by atoms with Crippen molar-refractivity contribution in [3.8, 4) is 5.75 Å². The van der Waals surface area contributed by atoms with Gasteiger partial charge in [-0.1, -0.05) is 6.07 Å². The number of imidazole rings is 1. The van der Waals surface area contributed by atoms with Gasteiger partial charge in [-0.3, -0.25) is 0 Å². The van der Waals surface area contributed by atoms with Gasteiger partial charge in [0, 0.05) is 19.8 Å². The fourth-order valence-electron chi connectivity index (χ4n) is 2.02. The van der Waals surface area contributed by atoms with Gasteiger partial charge in [0.25, 0.3) is 0 Å². The maximum atomic E-state index is 5.35. The number of rotatable bonds is 6. The van der Waals surface area contributed by atoms with Gasteiger partial charge in [0.05, 0.1) is 12.6 Å². The van der Waals surface area contributed by atoms with Crippen LogP contribution in [0.1, 0.15) is 13.3 Å². The normalized spacial score (nSPS) is 11.0. The second kappa shape index (κ2) is 6.02. The Labute approximate surface area is 112 Å². The summed E-state index contributed by atoms with van der Waals surface area (Å²) in [5.41, 5.74) is 2.04. The second-order valence-electron chi connectivity index (χ2n) is 3.99. The Morgan fingerprint density at radius 1 is 1.39 bits per heavy atom. The van der Waals surface area contributed by atoms with Crippen molar-refractivity contribution in [2.45, 2.75) is 19.9 Å². The summed E-state index contributed by atoms with van der Waals surface area (Å²) in [6.45, 7) is 4.37. The number of hydrogen-bond donors (Lipinski definition) is 1. The molecular formula is C13H18N2O2S. The number of hydrogen-bond acceptors (Lipinski definition) is 3. The number of aromatic amines is 1. The number of benzene rings is 1. The molecule has 1 N–H and O–H groups in total. The molecule has 0 amide bonds. The molecule has 2 rings (SSSR count). The first-order valence-corrected chi connectivity index (χ1v) is 6.52. The van der Waals surface area contributed by atoms with Crippen LogP contribution in [0.25, 0.3) is 11.0 Å². The van der Waals surface area contributed by atoms with E-state index in [1.807, 2.05) is 25.1 Å². The van der Waals surface area contributed by atoms with E-state index in [0.29, 0.717) is 0 Å². The van der Waals surface area contributed by atoms with Crippen LogP contribution in [0, 0.1) is 4.77 Å². The number of fused-ring (bicyclic) bond motifs is 1. The predicted molar refractivity (Wildman–Crippen MR) is 74.8 cm³/mol. The fourth-order valence-corrected chi connectivity index (χ4v) is 2.31. The summed E-state index contributed by atoms with van der Waals surface area (Å²) < 4.78 is 13.5. The van der Waals surface area contributed by atoms with E-state index in [-0.39, 0.29) is 0 Å². The average molecular weight is 266 g/mol. The Morgan fingerprint density at radius 2 is 2.22 bits per heavy atom. The molecule has 1 aromatic heterocycles. The smallest absolute Gasteiger partial charge is 0.178 e. The van der Waals surface area contributed by atoms with Crippen LogP contribution >= 0.6 is 12.2 Å². The van der Waals surface area contributed by atoms with E-state index in [1.165, 1.54) is 0 Å². The molecule has 0 bridgehead atoms. The van der Waals surface area contributed by atoms with Crippen molar-refractivity contribution in [1.29, 1.82) is 0 Å². The van der Waals surface area contributed by atoms with E-state index in [1.54, 1.807) is 7.11 Å². The van der Waals surface area contributed by atoms with E-state index < -0.39 is 0 Å². The van der Waals surface area contributed by atoms with Crippen LogP contribution in [0.3, 0.4) is 0 Å². The first kappa shape index (κ1) is 13.1. The number of para-hydroxylation sites is 1. The standard InChI is InChI=1S/C13H18N2O2S/c1-3-17-9-5-8-15-10-6-4-7-11(16-2)12(10)14-13(15)18/h4,6-7H,3,5,8-9H2,1-2H3,(H,14,18). The van der Waals surface area contributed by atoms with Crippen LogP contribution in [-0.4, -0.2) is 29.9 Å². The zero-order valence-electron chi connectivity index (χ0n) is 10.7. The summed E-state index contributed by atoms with van der Waals surface area (Å²) in [6, 6.07) is 5.95. The molecule has 18 heavy (non-hydrogen) atoms. The predicted octanol–water partition coefficient (Wildman–Crippen LogP) is 3.13. The average Bonchev–Trinajstić information content (AvgIpc) is 2.70. The molecule has 0 radical (unpaired) electrons. The van der Waals surface area contributed by atoms with E-state index >= 15 is 0 Å². The lowest BCUT2D eigenvalue weighted by atomic mass is 10.3. The van der Waals surface area contributed by atoms with Gasteiger partial charge in [0.15, 0.2) is 4.77 Å². The van der Waals surface area contributed by atoms with Gasteiger partial charge in [-0.2, -0.15) is 0 Å². The Bertz CT molecular complexity index is 574. The SMILES string of the molecule is CCOCCCn1c(=S)[nH]c2c(OC)cccc21. The molecule has 1 heterocycles. The van der Waals surface area contributed by atoms with E-state index in [4.69, 9.17) is 21.7 Å². The quantitative estimate of drug-likeness (QED) is 0.645. The molecule has 4 nitrogen and oxygen atoms in total. The third-order valence-electron chi connectivity index (χ3n) is 2.87. The van der Waals surface area contributed by atoms with Crippen molar-refractivity contribution < 1.29 is 9.47 Å². The minimum Gasteiger partial charge on any atom is -0.494 e. The lowest BCUT2D eigenvalue weighted by Gasteiger charge is -2.05. The van der Waals surface area contributed by atoms with Gasteiger partial charge >= 0.3 is 0 Å². The third-order valence-corrected chi connectivity index (χ3v) is 3.19. The van der Waals surface area contributed by atoms with Crippen LogP contribution in [0.4, 0.5) is 0 Å². The van der Waals surface area contributed by atoms with Gasteiger partial charge in [-0.05, 0) is 37.7 Å². The number of nitrogens with one attached hydrogen (secondary N) is 1. The highest BCUT2D eigenvalue weighted by Crippen LogP contribution is 2.24. The minimum absolute atomic E-state index is 0.728. The van der Waals surface area contributed by atoms with Gasteiger partial charge < -0.3 is 19.0 Å². The number of nitrogens with zero attached hydrogens (tertiary/aromatic N) is 1. The topological polar surface area (TPSA) is 39.2 Å². The fraction of sp³-hybridized carbons (Fsp3) is 0.462. The molecule has 98 valence electrons. The molecule has 0 atom stereocenters. The molecule has 1 aromatic carbocycles. The third kappa shape index (κ3) is 2.57. The molecule has 5 heteroatoms. The second-order valence-corrected chi connectivity index (χ2v) is 4.37. The van der Waals surface area contributed by atoms with E-state index in [0.717, 1.165) is 47.7 Å². The summed E-state index contributed by atoms with van der Waals surface area (Å²) in [4.78, 5) is 3.20. The van der Waals surface area contributed by atoms with Crippen LogP contribution in [0.15, 0.2) is 18.2 Å². The number of aromatic nitrogens is 2. The Morgan fingerprint density at radius 3 is 2.94 bits per heavy atom. The van der Waals surface area contributed by atoms with Gasteiger partial charge in [0.2, 0.25) is 0 Å². The maximum Gasteiger partial charge on any atom is 0.178 e. The van der Waals surface area contributed by atoms with E-state index in [2.05, 4.69) is 9.55 Å². The molecule has 0 aliphatic carbocycles. The van der Waals surface area contributed by atoms with Crippen molar-refractivity contribution in [2.24, 2.45) is 0 Å². The molecule has 0 fully saturated rings. The molecule has 0 saturated carbocycles. The zero-order valence-corrected chi connectivity index (χ0v) is 11.5. The zero-order chi connectivity index (χ0) is 13.0. The number of aryl methyl sites for hydroxylation is 1. The van der Waals surface area contributed by atoms with Gasteiger partial charge in [-0.15, -0.1) is 0 Å². The molecule has 0 spiro atoms. The van der Waals surface area contributed by atoms with Crippen molar-refractivity contribution >= 4 is 23.3 Å². The highest BCUT2D eigenvalue weighted by molar-refractivity contribution is 7.71. The van der Waals surface area contributed by atoms with Crippen molar-refractivity contribution in [3.05, 3.63) is 23.0 Å². The maximum absolute atomic E-state index is 5.35. The molecule has 2 aromatic rings. The van der Waals surface area contributed by atoms with E-state index in [9.17, 15) is 0 Å². The molecule has 0 aliphatic heterocycles. The summed E-state index contributed by atoms with van der Waals surface area (Å²) in [6.07, 6.45) is 0.951. The highest BCUT2D eigenvalue weighted by atomic mass is 32.1. The largest absolute Gasteiger partial charge is 0.494 e. The first-order valence-electron chi connectivity index (χ1n) is 6.11. The number of methoxy groups -OCH3 is 1. The lowest BCUT2D eigenvalue weighted by Crippen LogP contribution is -2.02. The Kier molecular flexibility index (Phi) is 4.38. The van der Waals surface area contributed by atoms with Gasteiger partial charge in [0.1, 0.15) is 11.3 Å². The van der Waals surface area contributed by atoms with Crippen molar-refractivity contribution in [1.82, 2.24) is 9.55 Å². The van der Waals surface area contributed by atoms with Crippen molar-refractivity contribution in [3.63, 3.8) is 0 Å². The molecule has 0 saturated heterocycles. The Balaban J connectivity index is 2.27. The molecule has 0 aliphatic rings. The number of ether oxygens (including phenoxy) is 2. The monoisotopic (exact) mass is 266 g/mol. The first-order chi connectivity index (χ1) is 8.77. The van der Waals surface area contributed by atoms with Crippen LogP contribution in [-0.2, 0) is 11.3 Å². The van der Waals surface area contributed by atoms with Crippen LogP contribution in [0.2, 0.25) is 0 Å².